The molecule has 0 aliphatic carbocycles. The van der Waals surface area contributed by atoms with Crippen molar-refractivity contribution in [3.63, 3.8) is 0 Å². The van der Waals surface area contributed by atoms with Crippen molar-refractivity contribution >= 4 is 12.1 Å². The van der Waals surface area contributed by atoms with Gasteiger partial charge in [-0.05, 0) is 63.1 Å². The number of hydrogen-bond donors (Lipinski definition) is 0. The first-order chi connectivity index (χ1) is 16.2. The number of carbonyl (C=O) groups excluding carboxylic acids is 2. The van der Waals surface area contributed by atoms with Crippen LogP contribution in [0.4, 0.5) is 4.79 Å². The minimum Gasteiger partial charge on any atom is -0.497 e. The summed E-state index contributed by atoms with van der Waals surface area (Å²) < 4.78 is 27.5. The number of hydrogen-bond acceptors (Lipinski definition) is 7. The third kappa shape index (κ3) is 4.76. The molecule has 1 fully saturated rings. The maximum atomic E-state index is 13.3. The van der Waals surface area contributed by atoms with Gasteiger partial charge < -0.3 is 23.7 Å². The maximum absolute atomic E-state index is 13.3. The van der Waals surface area contributed by atoms with E-state index in [1.807, 2.05) is 63.2 Å². The van der Waals surface area contributed by atoms with E-state index in [0.717, 1.165) is 11.1 Å². The third-order valence-electron chi connectivity index (χ3n) is 5.97. The summed E-state index contributed by atoms with van der Waals surface area (Å²) >= 11 is 0. The summed E-state index contributed by atoms with van der Waals surface area (Å²) in [4.78, 5) is 28.3. The standard InChI is InChI=1S/C26H31NO7/c1-6-31-24(28)22-19(17-9-12-20-21(13-17)33-15-32-20)14-27(25(29)34-26(2,3)4)23(22)16-7-10-18(30-5)11-8-16/h7-13,19,22-23H,6,14-15H2,1-5H3/t19-,22-,23+/m0/s1. The second-order valence-electron chi connectivity index (χ2n) is 9.35. The second kappa shape index (κ2) is 9.44. The summed E-state index contributed by atoms with van der Waals surface area (Å²) in [6, 6.07) is 12.4. The van der Waals surface area contributed by atoms with Gasteiger partial charge in [0.1, 0.15) is 11.4 Å². The molecule has 2 aromatic rings. The SMILES string of the molecule is CCOC(=O)[C@@H]1[C@@H](c2ccc(OC)cc2)N(C(=O)OC(C)(C)C)C[C@H]1c1ccc2c(c1)OCO2. The first kappa shape index (κ1) is 23.7. The normalized spacial score (nSPS) is 21.3. The first-order valence-corrected chi connectivity index (χ1v) is 11.4. The number of esters is 1. The fourth-order valence-electron chi connectivity index (χ4n) is 4.54. The lowest BCUT2D eigenvalue weighted by Gasteiger charge is -2.30. The maximum Gasteiger partial charge on any atom is 0.410 e. The lowest BCUT2D eigenvalue weighted by molar-refractivity contribution is -0.149. The molecule has 2 aliphatic heterocycles. The molecule has 8 heteroatoms. The smallest absolute Gasteiger partial charge is 0.410 e. The average molecular weight is 470 g/mol. The third-order valence-corrected chi connectivity index (χ3v) is 5.97. The molecule has 0 bridgehead atoms. The van der Waals surface area contributed by atoms with E-state index in [9.17, 15) is 9.59 Å². The summed E-state index contributed by atoms with van der Waals surface area (Å²) in [5.41, 5.74) is 0.984. The van der Waals surface area contributed by atoms with E-state index >= 15 is 0 Å². The molecule has 1 amide bonds. The van der Waals surface area contributed by atoms with Crippen LogP contribution in [0.2, 0.25) is 0 Å². The highest BCUT2D eigenvalue weighted by Gasteiger charge is 2.51. The number of likely N-dealkylation sites (tertiary alicyclic amines) is 1. The van der Waals surface area contributed by atoms with E-state index in [1.54, 1.807) is 18.9 Å². The van der Waals surface area contributed by atoms with Crippen molar-refractivity contribution in [2.24, 2.45) is 5.92 Å². The van der Waals surface area contributed by atoms with Crippen LogP contribution >= 0.6 is 0 Å². The molecular weight excluding hydrogens is 438 g/mol. The van der Waals surface area contributed by atoms with Gasteiger partial charge >= 0.3 is 12.1 Å². The predicted octanol–water partition coefficient (Wildman–Crippen LogP) is 4.68. The molecule has 8 nitrogen and oxygen atoms in total. The Hall–Kier alpha value is -3.42. The zero-order chi connectivity index (χ0) is 24.5. The molecule has 0 radical (unpaired) electrons. The molecule has 34 heavy (non-hydrogen) atoms. The summed E-state index contributed by atoms with van der Waals surface area (Å²) in [6.45, 7) is 7.92. The van der Waals surface area contributed by atoms with Crippen LogP contribution in [0, 0.1) is 5.92 Å². The van der Waals surface area contributed by atoms with E-state index in [4.69, 9.17) is 23.7 Å². The van der Waals surface area contributed by atoms with Gasteiger partial charge in [0.15, 0.2) is 11.5 Å². The minimum absolute atomic E-state index is 0.156. The molecular formula is C26H31NO7. The highest BCUT2D eigenvalue weighted by Crippen LogP contribution is 2.48. The molecule has 2 aliphatic rings. The Balaban J connectivity index is 1.79. The Labute approximate surface area is 199 Å². The van der Waals surface area contributed by atoms with Crippen LogP contribution in [0.1, 0.15) is 50.8 Å². The lowest BCUT2D eigenvalue weighted by Crippen LogP contribution is -2.38. The molecule has 2 heterocycles. The fraction of sp³-hybridized carbons (Fsp3) is 0.462. The number of methoxy groups -OCH3 is 1. The van der Waals surface area contributed by atoms with Crippen molar-refractivity contribution < 1.29 is 33.3 Å². The van der Waals surface area contributed by atoms with E-state index in [1.165, 1.54) is 0 Å². The topological polar surface area (TPSA) is 83.5 Å². The number of amides is 1. The second-order valence-corrected chi connectivity index (χ2v) is 9.35. The van der Waals surface area contributed by atoms with Crippen molar-refractivity contribution in [3.8, 4) is 17.2 Å². The molecule has 0 saturated carbocycles. The number of benzene rings is 2. The monoisotopic (exact) mass is 469 g/mol. The number of fused-ring (bicyclic) bond motifs is 1. The Morgan fingerprint density at radius 1 is 1.03 bits per heavy atom. The Kier molecular flexibility index (Phi) is 6.59. The van der Waals surface area contributed by atoms with E-state index in [2.05, 4.69) is 0 Å². The minimum atomic E-state index is -0.683. The van der Waals surface area contributed by atoms with Gasteiger partial charge in [-0.1, -0.05) is 18.2 Å². The Morgan fingerprint density at radius 2 is 1.71 bits per heavy atom. The summed E-state index contributed by atoms with van der Waals surface area (Å²) in [5, 5.41) is 0. The van der Waals surface area contributed by atoms with Gasteiger partial charge in [-0.2, -0.15) is 0 Å². The molecule has 1 saturated heterocycles. The van der Waals surface area contributed by atoms with Crippen LogP contribution in [-0.4, -0.2) is 49.6 Å². The van der Waals surface area contributed by atoms with E-state index < -0.39 is 23.7 Å². The highest BCUT2D eigenvalue weighted by atomic mass is 16.7. The molecule has 3 atom stereocenters. The van der Waals surface area contributed by atoms with Crippen molar-refractivity contribution in [2.75, 3.05) is 27.1 Å². The summed E-state index contributed by atoms with van der Waals surface area (Å²) in [5.74, 6) is 0.638. The van der Waals surface area contributed by atoms with Gasteiger partial charge in [0, 0.05) is 12.5 Å². The zero-order valence-electron chi connectivity index (χ0n) is 20.2. The summed E-state index contributed by atoms with van der Waals surface area (Å²) in [6.07, 6.45) is -0.481. The molecule has 2 aromatic carbocycles. The molecule has 0 N–H and O–H groups in total. The van der Waals surface area contributed by atoms with Crippen molar-refractivity contribution in [3.05, 3.63) is 53.6 Å². The van der Waals surface area contributed by atoms with Crippen LogP contribution in [0.3, 0.4) is 0 Å². The molecule has 0 unspecified atom stereocenters. The van der Waals surface area contributed by atoms with Crippen molar-refractivity contribution in [2.45, 2.75) is 45.3 Å². The van der Waals surface area contributed by atoms with E-state index in [0.29, 0.717) is 17.2 Å². The summed E-state index contributed by atoms with van der Waals surface area (Å²) in [7, 11) is 1.59. The van der Waals surface area contributed by atoms with Crippen LogP contribution in [0.5, 0.6) is 17.2 Å². The molecule has 182 valence electrons. The highest BCUT2D eigenvalue weighted by molar-refractivity contribution is 5.79. The predicted molar refractivity (Wildman–Crippen MR) is 124 cm³/mol. The van der Waals surface area contributed by atoms with Crippen LogP contribution in [-0.2, 0) is 14.3 Å². The average Bonchev–Trinajstić information content (AvgIpc) is 3.42. The molecule has 0 spiro atoms. The van der Waals surface area contributed by atoms with Gasteiger partial charge in [-0.3, -0.25) is 9.69 Å². The number of rotatable bonds is 5. The number of carbonyl (C=O) groups is 2. The number of nitrogens with zero attached hydrogens (tertiary/aromatic N) is 1. The Morgan fingerprint density at radius 3 is 2.35 bits per heavy atom. The quantitative estimate of drug-likeness (QED) is 0.588. The molecule has 4 rings (SSSR count). The van der Waals surface area contributed by atoms with E-state index in [-0.39, 0.29) is 31.8 Å². The van der Waals surface area contributed by atoms with Gasteiger partial charge in [-0.15, -0.1) is 0 Å². The number of ether oxygens (including phenoxy) is 5. The Bertz CT molecular complexity index is 1040. The van der Waals surface area contributed by atoms with Crippen LogP contribution < -0.4 is 14.2 Å². The fourth-order valence-corrected chi connectivity index (χ4v) is 4.54. The van der Waals surface area contributed by atoms with Gasteiger partial charge in [0.2, 0.25) is 6.79 Å². The van der Waals surface area contributed by atoms with Gasteiger partial charge in [0.05, 0.1) is 25.7 Å². The van der Waals surface area contributed by atoms with Crippen molar-refractivity contribution in [1.82, 2.24) is 4.90 Å². The van der Waals surface area contributed by atoms with Gasteiger partial charge in [-0.25, -0.2) is 4.79 Å². The van der Waals surface area contributed by atoms with Crippen LogP contribution in [0.25, 0.3) is 0 Å². The zero-order valence-corrected chi connectivity index (χ0v) is 20.2. The molecule has 0 aromatic heterocycles. The largest absolute Gasteiger partial charge is 0.497 e. The lowest BCUT2D eigenvalue weighted by atomic mass is 9.82. The first-order valence-electron chi connectivity index (χ1n) is 11.4. The van der Waals surface area contributed by atoms with Crippen molar-refractivity contribution in [1.29, 1.82) is 0 Å². The van der Waals surface area contributed by atoms with Gasteiger partial charge in [0.25, 0.3) is 0 Å². The van der Waals surface area contributed by atoms with Crippen LogP contribution in [0.15, 0.2) is 42.5 Å².